The van der Waals surface area contributed by atoms with Crippen molar-refractivity contribution < 1.29 is 4.74 Å². The molecule has 28 heavy (non-hydrogen) atoms. The number of nitrogens with one attached hydrogen (secondary N) is 2. The van der Waals surface area contributed by atoms with Crippen molar-refractivity contribution in [3.63, 3.8) is 0 Å². The molecule has 0 aliphatic carbocycles. The molecule has 2 N–H and O–H groups in total. The Balaban J connectivity index is 0.00000280. The van der Waals surface area contributed by atoms with Gasteiger partial charge in [0.15, 0.2) is 0 Å². The van der Waals surface area contributed by atoms with Gasteiger partial charge in [-0.3, -0.25) is 0 Å². The third-order valence-electron chi connectivity index (χ3n) is 4.23. The Kier molecular flexibility index (Phi) is 8.78. The summed E-state index contributed by atoms with van der Waals surface area (Å²) in [7, 11) is 1.96. The van der Waals surface area contributed by atoms with E-state index in [1.165, 1.54) is 5.56 Å². The lowest BCUT2D eigenvalue weighted by Crippen LogP contribution is -2.16. The molecule has 1 heterocycles. The van der Waals surface area contributed by atoms with E-state index in [1.54, 1.807) is 6.20 Å². The number of hydrogen-bond donors (Lipinski definition) is 2. The maximum absolute atomic E-state index is 6.34. The quantitative estimate of drug-likeness (QED) is 0.561. The third-order valence-corrected chi connectivity index (χ3v) is 4.23. The van der Waals surface area contributed by atoms with Gasteiger partial charge in [0.1, 0.15) is 11.9 Å². The summed E-state index contributed by atoms with van der Waals surface area (Å²) in [6, 6.07) is 20.3. The van der Waals surface area contributed by atoms with Crippen LogP contribution < -0.4 is 15.4 Å². The molecule has 1 atom stereocenters. The fraction of sp³-hybridized carbons (Fsp3) is 0.273. The van der Waals surface area contributed by atoms with Gasteiger partial charge in [-0.05, 0) is 44.3 Å². The summed E-state index contributed by atoms with van der Waals surface area (Å²) in [6.45, 7) is 3.70. The fourth-order valence-corrected chi connectivity index (χ4v) is 2.89. The van der Waals surface area contributed by atoms with Crippen molar-refractivity contribution >= 4 is 19.4 Å². The number of rotatable bonds is 9. The summed E-state index contributed by atoms with van der Waals surface area (Å²) in [5.41, 5.74) is 3.06. The highest BCUT2D eigenvalue weighted by atomic mass is 32.1. The van der Waals surface area contributed by atoms with E-state index in [2.05, 4.69) is 32.7 Å². The fourth-order valence-electron chi connectivity index (χ4n) is 2.89. The van der Waals surface area contributed by atoms with E-state index in [0.29, 0.717) is 5.95 Å². The molecule has 1 aromatic heterocycles. The molecule has 0 aliphatic heterocycles. The molecule has 0 bridgehead atoms. The Morgan fingerprint density at radius 1 is 1.04 bits per heavy atom. The molecule has 3 aromatic rings. The molecule has 0 fully saturated rings. The molecule has 0 radical (unpaired) electrons. The van der Waals surface area contributed by atoms with Crippen LogP contribution in [0.15, 0.2) is 66.9 Å². The number of aromatic nitrogens is 2. The molecule has 0 spiro atoms. The second kappa shape index (κ2) is 11.3. The van der Waals surface area contributed by atoms with E-state index in [4.69, 9.17) is 4.74 Å². The first-order valence-corrected chi connectivity index (χ1v) is 9.33. The van der Waals surface area contributed by atoms with Gasteiger partial charge in [-0.15, -0.1) is 0 Å². The zero-order valence-electron chi connectivity index (χ0n) is 16.4. The van der Waals surface area contributed by atoms with Crippen molar-refractivity contribution in [1.82, 2.24) is 15.3 Å². The standard InChI is InChI=1S/C22H26N4O.H2S/c1-3-24-22-25-15-12-20(26-22)18-10-7-11-19(16-18)27-21(13-14-23-2)17-8-5-4-6-9-17;/h4-12,15-16,21,23H,3,13-14H2,1-2H3,(H,24,25,26);1H2/t21-;/m0./s1. The molecule has 3 rings (SSSR count). The van der Waals surface area contributed by atoms with Gasteiger partial charge in [0.25, 0.3) is 0 Å². The van der Waals surface area contributed by atoms with Gasteiger partial charge in [0.05, 0.1) is 5.69 Å². The summed E-state index contributed by atoms with van der Waals surface area (Å²) < 4.78 is 6.34. The normalized spacial score (nSPS) is 11.4. The number of nitrogens with zero attached hydrogens (tertiary/aromatic N) is 2. The van der Waals surface area contributed by atoms with Crippen LogP contribution in [-0.2, 0) is 0 Å². The van der Waals surface area contributed by atoms with Crippen LogP contribution in [0.25, 0.3) is 11.3 Å². The van der Waals surface area contributed by atoms with Crippen molar-refractivity contribution in [2.45, 2.75) is 19.4 Å². The van der Waals surface area contributed by atoms with Gasteiger partial charge < -0.3 is 15.4 Å². The first-order chi connectivity index (χ1) is 13.3. The molecule has 6 heteroatoms. The van der Waals surface area contributed by atoms with Crippen molar-refractivity contribution in [2.75, 3.05) is 25.5 Å². The minimum Gasteiger partial charge on any atom is -0.486 e. The van der Waals surface area contributed by atoms with Gasteiger partial charge in [0.2, 0.25) is 5.95 Å². The molecular formula is C22H28N4OS. The second-order valence-corrected chi connectivity index (χ2v) is 6.23. The zero-order chi connectivity index (χ0) is 18.9. The Morgan fingerprint density at radius 2 is 1.86 bits per heavy atom. The average molecular weight is 397 g/mol. The lowest BCUT2D eigenvalue weighted by atomic mass is 10.1. The van der Waals surface area contributed by atoms with E-state index < -0.39 is 0 Å². The van der Waals surface area contributed by atoms with E-state index in [9.17, 15) is 0 Å². The van der Waals surface area contributed by atoms with Crippen LogP contribution in [-0.4, -0.2) is 30.1 Å². The van der Waals surface area contributed by atoms with Crippen molar-refractivity contribution in [3.05, 3.63) is 72.4 Å². The Bertz CT molecular complexity index is 845. The Morgan fingerprint density at radius 3 is 2.61 bits per heavy atom. The third kappa shape index (κ3) is 5.97. The number of hydrogen-bond acceptors (Lipinski definition) is 5. The molecule has 5 nitrogen and oxygen atoms in total. The van der Waals surface area contributed by atoms with E-state index in [0.717, 1.165) is 36.5 Å². The average Bonchev–Trinajstić information content (AvgIpc) is 2.72. The summed E-state index contributed by atoms with van der Waals surface area (Å²) in [5.74, 6) is 1.47. The molecule has 2 aromatic carbocycles. The maximum atomic E-state index is 6.34. The van der Waals surface area contributed by atoms with Crippen LogP contribution in [0.4, 0.5) is 5.95 Å². The van der Waals surface area contributed by atoms with Crippen molar-refractivity contribution in [3.8, 4) is 17.0 Å². The molecule has 0 unspecified atom stereocenters. The SMILES string of the molecule is CCNc1nccc(-c2cccc(O[C@@H](CCNC)c3ccccc3)c2)n1.S. The Labute approximate surface area is 174 Å². The van der Waals surface area contributed by atoms with Crippen LogP contribution in [0.3, 0.4) is 0 Å². The summed E-state index contributed by atoms with van der Waals surface area (Å²) in [5, 5.41) is 6.35. The molecular weight excluding hydrogens is 368 g/mol. The van der Waals surface area contributed by atoms with E-state index in [-0.39, 0.29) is 19.6 Å². The topological polar surface area (TPSA) is 59.1 Å². The summed E-state index contributed by atoms with van der Waals surface area (Å²) in [6.07, 6.45) is 2.66. The van der Waals surface area contributed by atoms with Gasteiger partial charge in [-0.25, -0.2) is 9.97 Å². The second-order valence-electron chi connectivity index (χ2n) is 6.23. The van der Waals surface area contributed by atoms with Crippen LogP contribution in [0, 0.1) is 0 Å². The minimum absolute atomic E-state index is 0. The first-order valence-electron chi connectivity index (χ1n) is 9.33. The molecule has 148 valence electrons. The lowest BCUT2D eigenvalue weighted by Gasteiger charge is -2.20. The van der Waals surface area contributed by atoms with Crippen molar-refractivity contribution in [1.29, 1.82) is 0 Å². The number of benzene rings is 2. The largest absolute Gasteiger partial charge is 0.486 e. The monoisotopic (exact) mass is 396 g/mol. The summed E-state index contributed by atoms with van der Waals surface area (Å²) >= 11 is 0. The minimum atomic E-state index is -0.00313. The zero-order valence-corrected chi connectivity index (χ0v) is 17.4. The molecule has 0 amide bonds. The van der Waals surface area contributed by atoms with Crippen LogP contribution >= 0.6 is 13.5 Å². The Hall–Kier alpha value is -2.57. The van der Waals surface area contributed by atoms with Gasteiger partial charge >= 0.3 is 0 Å². The molecule has 0 saturated heterocycles. The highest BCUT2D eigenvalue weighted by molar-refractivity contribution is 7.59. The highest BCUT2D eigenvalue weighted by Crippen LogP contribution is 2.28. The van der Waals surface area contributed by atoms with Gasteiger partial charge in [-0.2, -0.15) is 13.5 Å². The van der Waals surface area contributed by atoms with Gasteiger partial charge in [-0.1, -0.05) is 42.5 Å². The van der Waals surface area contributed by atoms with Crippen LogP contribution in [0.2, 0.25) is 0 Å². The predicted molar refractivity (Wildman–Crippen MR) is 120 cm³/mol. The summed E-state index contributed by atoms with van der Waals surface area (Å²) in [4.78, 5) is 8.81. The van der Waals surface area contributed by atoms with E-state index in [1.807, 2.05) is 62.5 Å². The number of anilines is 1. The smallest absolute Gasteiger partial charge is 0.223 e. The van der Waals surface area contributed by atoms with E-state index >= 15 is 0 Å². The number of ether oxygens (including phenoxy) is 1. The lowest BCUT2D eigenvalue weighted by molar-refractivity contribution is 0.195. The first kappa shape index (κ1) is 21.7. The highest BCUT2D eigenvalue weighted by Gasteiger charge is 2.13. The maximum Gasteiger partial charge on any atom is 0.223 e. The van der Waals surface area contributed by atoms with Gasteiger partial charge in [0, 0.05) is 24.7 Å². The molecule has 0 aliphatic rings. The van der Waals surface area contributed by atoms with Crippen LogP contribution in [0.5, 0.6) is 5.75 Å². The molecule has 0 saturated carbocycles. The van der Waals surface area contributed by atoms with Crippen LogP contribution in [0.1, 0.15) is 25.0 Å². The predicted octanol–water partition coefficient (Wildman–Crippen LogP) is 4.42. The van der Waals surface area contributed by atoms with Crippen molar-refractivity contribution in [2.24, 2.45) is 0 Å².